The molecule has 0 bridgehead atoms. The van der Waals surface area contributed by atoms with Gasteiger partial charge in [0.1, 0.15) is 0 Å². The summed E-state index contributed by atoms with van der Waals surface area (Å²) in [6.45, 7) is 4.50. The molecule has 2 N–H and O–H groups in total. The number of rotatable bonds is 7. The fraction of sp³-hybridized carbons (Fsp3) is 0.438. The second kappa shape index (κ2) is 7.59. The summed E-state index contributed by atoms with van der Waals surface area (Å²) >= 11 is 6.05. The number of hydrogen-bond donors (Lipinski definition) is 1. The molecule has 1 aromatic heterocycles. The molecule has 1 aromatic carbocycles. The summed E-state index contributed by atoms with van der Waals surface area (Å²) in [5.41, 5.74) is 8.36. The number of likely N-dealkylation sites (N-methyl/N-ethyl adjacent to an activating group) is 1. The molecule has 1 unspecified atom stereocenters. The van der Waals surface area contributed by atoms with Gasteiger partial charge in [-0.2, -0.15) is 0 Å². The molecule has 0 amide bonds. The molecule has 0 radical (unpaired) electrons. The van der Waals surface area contributed by atoms with Gasteiger partial charge in [-0.3, -0.25) is 4.90 Å². The van der Waals surface area contributed by atoms with E-state index in [9.17, 15) is 0 Å². The lowest BCUT2D eigenvalue weighted by Gasteiger charge is -2.28. The van der Waals surface area contributed by atoms with Crippen molar-refractivity contribution in [3.8, 4) is 0 Å². The molecule has 2 rings (SSSR count). The van der Waals surface area contributed by atoms with Crippen LogP contribution in [0.5, 0.6) is 0 Å². The van der Waals surface area contributed by atoms with Crippen LogP contribution in [-0.4, -0.2) is 28.0 Å². The van der Waals surface area contributed by atoms with Gasteiger partial charge in [0.2, 0.25) is 0 Å². The van der Waals surface area contributed by atoms with Gasteiger partial charge in [-0.25, -0.2) is 4.98 Å². The Kier molecular flexibility index (Phi) is 5.79. The molecule has 0 saturated heterocycles. The molecule has 1 atom stereocenters. The summed E-state index contributed by atoms with van der Waals surface area (Å²) in [5.74, 6) is 0. The second-order valence-corrected chi connectivity index (χ2v) is 5.74. The maximum atomic E-state index is 6.05. The van der Waals surface area contributed by atoms with E-state index in [4.69, 9.17) is 17.3 Å². The third kappa shape index (κ3) is 4.06. The first-order valence-corrected chi connectivity index (χ1v) is 7.68. The van der Waals surface area contributed by atoms with E-state index in [2.05, 4.69) is 34.5 Å². The molecule has 5 heteroatoms. The van der Waals surface area contributed by atoms with Crippen LogP contribution in [0.4, 0.5) is 0 Å². The lowest BCUT2D eigenvalue weighted by atomic mass is 10.1. The average molecular weight is 307 g/mol. The molecule has 0 aliphatic carbocycles. The van der Waals surface area contributed by atoms with Crippen LogP contribution in [0.1, 0.15) is 30.6 Å². The highest BCUT2D eigenvalue weighted by Crippen LogP contribution is 2.21. The number of aromatic nitrogens is 2. The molecule has 4 nitrogen and oxygen atoms in total. The van der Waals surface area contributed by atoms with Crippen molar-refractivity contribution in [2.75, 3.05) is 13.6 Å². The van der Waals surface area contributed by atoms with Crippen molar-refractivity contribution in [3.63, 3.8) is 0 Å². The molecule has 1 heterocycles. The van der Waals surface area contributed by atoms with Crippen molar-refractivity contribution in [1.82, 2.24) is 14.5 Å². The molecule has 0 aliphatic heterocycles. The summed E-state index contributed by atoms with van der Waals surface area (Å²) in [6, 6.07) is 8.10. The highest BCUT2D eigenvalue weighted by Gasteiger charge is 2.19. The quantitative estimate of drug-likeness (QED) is 0.855. The first-order valence-electron chi connectivity index (χ1n) is 7.30. The van der Waals surface area contributed by atoms with Crippen molar-refractivity contribution < 1.29 is 0 Å². The van der Waals surface area contributed by atoms with Crippen molar-refractivity contribution in [2.24, 2.45) is 5.73 Å². The van der Waals surface area contributed by atoms with Crippen LogP contribution in [0.25, 0.3) is 0 Å². The van der Waals surface area contributed by atoms with Crippen LogP contribution < -0.4 is 5.73 Å². The summed E-state index contributed by atoms with van der Waals surface area (Å²) in [4.78, 5) is 6.52. The lowest BCUT2D eigenvalue weighted by Crippen LogP contribution is -2.31. The Hall–Kier alpha value is -1.36. The normalized spacial score (nSPS) is 12.8. The summed E-state index contributed by atoms with van der Waals surface area (Å²) < 4.78 is 2.19. The number of aryl methyl sites for hydroxylation is 1. The van der Waals surface area contributed by atoms with Gasteiger partial charge in [0.05, 0.1) is 18.1 Å². The molecule has 0 spiro atoms. The van der Waals surface area contributed by atoms with E-state index in [1.807, 2.05) is 30.7 Å². The number of imidazole rings is 1. The number of nitrogens with two attached hydrogens (primary N) is 1. The van der Waals surface area contributed by atoms with Gasteiger partial charge in [0, 0.05) is 30.9 Å². The van der Waals surface area contributed by atoms with Gasteiger partial charge >= 0.3 is 0 Å². The molecule has 21 heavy (non-hydrogen) atoms. The van der Waals surface area contributed by atoms with E-state index >= 15 is 0 Å². The topological polar surface area (TPSA) is 47.1 Å². The number of hydrogen-bond acceptors (Lipinski definition) is 3. The van der Waals surface area contributed by atoms with Crippen LogP contribution in [0, 0.1) is 0 Å². The molecule has 114 valence electrons. The van der Waals surface area contributed by atoms with Crippen LogP contribution in [-0.2, 0) is 13.1 Å². The summed E-state index contributed by atoms with van der Waals surface area (Å²) in [5, 5.41) is 0.765. The molecule has 0 fully saturated rings. The maximum Gasteiger partial charge on any atom is 0.0948 e. The third-order valence-corrected chi connectivity index (χ3v) is 3.86. The van der Waals surface area contributed by atoms with E-state index in [1.54, 1.807) is 0 Å². The Bertz CT molecular complexity index is 567. The Morgan fingerprint density at radius 2 is 2.24 bits per heavy atom. The maximum absolute atomic E-state index is 6.05. The van der Waals surface area contributed by atoms with Crippen LogP contribution in [0.2, 0.25) is 5.02 Å². The van der Waals surface area contributed by atoms with Crippen molar-refractivity contribution in [2.45, 2.75) is 32.5 Å². The number of nitrogens with zero attached hydrogens (tertiary/aromatic N) is 3. The monoisotopic (exact) mass is 306 g/mol. The molecular weight excluding hydrogens is 284 g/mol. The first kappa shape index (κ1) is 16.0. The fourth-order valence-corrected chi connectivity index (χ4v) is 2.81. The predicted molar refractivity (Wildman–Crippen MR) is 87.2 cm³/mol. The minimum absolute atomic E-state index is 0.151. The van der Waals surface area contributed by atoms with Crippen molar-refractivity contribution >= 4 is 11.6 Å². The average Bonchev–Trinajstić information content (AvgIpc) is 2.88. The third-order valence-electron chi connectivity index (χ3n) is 3.63. The van der Waals surface area contributed by atoms with E-state index in [0.29, 0.717) is 6.54 Å². The lowest BCUT2D eigenvalue weighted by molar-refractivity contribution is 0.232. The van der Waals surface area contributed by atoms with E-state index < -0.39 is 0 Å². The minimum atomic E-state index is 0.151. The summed E-state index contributed by atoms with van der Waals surface area (Å²) in [6.07, 6.45) is 4.88. The Balaban J connectivity index is 2.14. The van der Waals surface area contributed by atoms with Crippen LogP contribution in [0.3, 0.4) is 0 Å². The van der Waals surface area contributed by atoms with Gasteiger partial charge in [0.25, 0.3) is 0 Å². The van der Waals surface area contributed by atoms with E-state index in [1.165, 1.54) is 11.3 Å². The van der Waals surface area contributed by atoms with Crippen molar-refractivity contribution in [1.29, 1.82) is 0 Å². The molecule has 0 aliphatic rings. The number of benzene rings is 1. The van der Waals surface area contributed by atoms with Crippen molar-refractivity contribution in [3.05, 3.63) is 53.1 Å². The first-order chi connectivity index (χ1) is 10.2. The summed E-state index contributed by atoms with van der Waals surface area (Å²) in [7, 11) is 2.09. The van der Waals surface area contributed by atoms with Gasteiger partial charge in [-0.15, -0.1) is 0 Å². The van der Waals surface area contributed by atoms with E-state index in [0.717, 1.165) is 24.5 Å². The van der Waals surface area contributed by atoms with Crippen LogP contribution in [0.15, 0.2) is 36.8 Å². The largest absolute Gasteiger partial charge is 0.333 e. The molecule has 0 saturated carbocycles. The Morgan fingerprint density at radius 3 is 2.90 bits per heavy atom. The molecular formula is C16H23ClN4. The highest BCUT2D eigenvalue weighted by molar-refractivity contribution is 6.30. The van der Waals surface area contributed by atoms with Crippen LogP contribution >= 0.6 is 11.6 Å². The van der Waals surface area contributed by atoms with E-state index in [-0.39, 0.29) is 6.04 Å². The highest BCUT2D eigenvalue weighted by atomic mass is 35.5. The fourth-order valence-electron chi connectivity index (χ4n) is 2.60. The Labute approximate surface area is 131 Å². The zero-order valence-corrected chi connectivity index (χ0v) is 13.4. The zero-order valence-electron chi connectivity index (χ0n) is 12.7. The second-order valence-electron chi connectivity index (χ2n) is 5.31. The smallest absolute Gasteiger partial charge is 0.0948 e. The predicted octanol–water partition coefficient (Wildman–Crippen LogP) is 3.08. The van der Waals surface area contributed by atoms with Gasteiger partial charge < -0.3 is 10.3 Å². The van der Waals surface area contributed by atoms with Gasteiger partial charge in [-0.05, 0) is 31.2 Å². The van der Waals surface area contributed by atoms with Gasteiger partial charge in [-0.1, -0.05) is 30.7 Å². The van der Waals surface area contributed by atoms with Gasteiger partial charge in [0.15, 0.2) is 0 Å². The Morgan fingerprint density at radius 1 is 1.43 bits per heavy atom. The molecule has 2 aromatic rings. The number of halogens is 1. The standard InChI is InChI=1S/C16H23ClN4/c1-3-7-21-12-19-10-16(21)15(9-18)20(2)11-13-5-4-6-14(17)8-13/h4-6,8,10,12,15H,3,7,9,11,18H2,1-2H3. The minimum Gasteiger partial charge on any atom is -0.333 e. The SMILES string of the molecule is CCCn1cncc1C(CN)N(C)Cc1cccc(Cl)c1. The zero-order chi connectivity index (χ0) is 15.2.